The van der Waals surface area contributed by atoms with Gasteiger partial charge in [-0.1, -0.05) is 0 Å². The predicted molar refractivity (Wildman–Crippen MR) is 102 cm³/mol. The van der Waals surface area contributed by atoms with Crippen LogP contribution < -0.4 is 9.47 Å². The van der Waals surface area contributed by atoms with Gasteiger partial charge in [0.25, 0.3) is 0 Å². The van der Waals surface area contributed by atoms with Crippen LogP contribution in [0.3, 0.4) is 0 Å². The Kier molecular flexibility index (Phi) is 6.26. The molecular weight excluding hydrogens is 334 g/mol. The van der Waals surface area contributed by atoms with Crippen molar-refractivity contribution in [3.63, 3.8) is 0 Å². The van der Waals surface area contributed by atoms with Crippen LogP contribution in [-0.2, 0) is 13.1 Å². The number of thioether (sulfide) groups is 1. The fourth-order valence-corrected chi connectivity index (χ4v) is 4.05. The van der Waals surface area contributed by atoms with Gasteiger partial charge in [0.15, 0.2) is 0 Å². The monoisotopic (exact) mass is 361 g/mol. The summed E-state index contributed by atoms with van der Waals surface area (Å²) in [6.07, 6.45) is 10.3. The standard InChI is InChI=1S/C19H27N3O2S/c1-23-17-11-19(25-3)18(24-2)10-16(17)13-21-7-4-15(5-8-21)12-22-9-6-20-14-22/h6,9-11,14-15H,4-5,7-8,12-13H2,1-3H3. The molecule has 136 valence electrons. The van der Waals surface area contributed by atoms with E-state index in [2.05, 4.69) is 39.0 Å². The minimum atomic E-state index is 0.737. The fourth-order valence-electron chi connectivity index (χ4n) is 3.48. The van der Waals surface area contributed by atoms with Crippen molar-refractivity contribution in [1.29, 1.82) is 0 Å². The molecular formula is C19H27N3O2S. The highest BCUT2D eigenvalue weighted by molar-refractivity contribution is 7.98. The average molecular weight is 362 g/mol. The molecule has 1 aliphatic heterocycles. The minimum Gasteiger partial charge on any atom is -0.496 e. The SMILES string of the molecule is COc1cc(SC)c(OC)cc1CN1CCC(Cn2ccnc2)CC1. The Balaban J connectivity index is 1.61. The van der Waals surface area contributed by atoms with Gasteiger partial charge in [0, 0.05) is 31.0 Å². The molecule has 1 aromatic heterocycles. The molecule has 0 atom stereocenters. The summed E-state index contributed by atoms with van der Waals surface area (Å²) in [6, 6.07) is 4.22. The zero-order valence-corrected chi connectivity index (χ0v) is 16.1. The highest BCUT2D eigenvalue weighted by atomic mass is 32.2. The minimum absolute atomic E-state index is 0.737. The van der Waals surface area contributed by atoms with Crippen LogP contribution in [0.15, 0.2) is 35.7 Å². The van der Waals surface area contributed by atoms with Crippen LogP contribution in [0.25, 0.3) is 0 Å². The summed E-state index contributed by atoms with van der Waals surface area (Å²) in [7, 11) is 3.47. The molecule has 0 radical (unpaired) electrons. The second-order valence-corrected chi connectivity index (χ2v) is 7.35. The molecule has 0 aliphatic carbocycles. The largest absolute Gasteiger partial charge is 0.496 e. The Morgan fingerprint density at radius 3 is 2.52 bits per heavy atom. The van der Waals surface area contributed by atoms with Crippen molar-refractivity contribution in [2.75, 3.05) is 33.6 Å². The summed E-state index contributed by atoms with van der Waals surface area (Å²) in [5, 5.41) is 0. The maximum absolute atomic E-state index is 5.61. The van der Waals surface area contributed by atoms with Gasteiger partial charge in [0.2, 0.25) is 0 Å². The molecule has 0 amide bonds. The van der Waals surface area contributed by atoms with Crippen LogP contribution in [-0.4, -0.2) is 48.0 Å². The van der Waals surface area contributed by atoms with Gasteiger partial charge in [-0.05, 0) is 50.2 Å². The molecule has 0 spiro atoms. The number of piperidine rings is 1. The third kappa shape index (κ3) is 4.50. The van der Waals surface area contributed by atoms with Crippen molar-refractivity contribution in [1.82, 2.24) is 14.5 Å². The third-order valence-electron chi connectivity index (χ3n) is 4.92. The van der Waals surface area contributed by atoms with Gasteiger partial charge in [-0.2, -0.15) is 0 Å². The summed E-state index contributed by atoms with van der Waals surface area (Å²) in [5.74, 6) is 2.62. The van der Waals surface area contributed by atoms with Crippen molar-refractivity contribution in [3.05, 3.63) is 36.4 Å². The van der Waals surface area contributed by atoms with Crippen LogP contribution in [0, 0.1) is 5.92 Å². The summed E-state index contributed by atoms with van der Waals surface area (Å²) in [6.45, 7) is 4.23. The van der Waals surface area contributed by atoms with Crippen molar-refractivity contribution >= 4 is 11.8 Å². The molecule has 0 N–H and O–H groups in total. The molecule has 25 heavy (non-hydrogen) atoms. The Bertz CT molecular complexity index is 668. The van der Waals surface area contributed by atoms with Crippen LogP contribution in [0.5, 0.6) is 11.5 Å². The smallest absolute Gasteiger partial charge is 0.132 e. The summed E-state index contributed by atoms with van der Waals surface area (Å²) >= 11 is 1.68. The number of nitrogens with zero attached hydrogens (tertiary/aromatic N) is 3. The van der Waals surface area contributed by atoms with E-state index in [4.69, 9.17) is 9.47 Å². The van der Waals surface area contributed by atoms with Crippen LogP contribution in [0.4, 0.5) is 0 Å². The van der Waals surface area contributed by atoms with Crippen LogP contribution in [0.1, 0.15) is 18.4 Å². The molecule has 3 rings (SSSR count). The molecule has 0 unspecified atom stereocenters. The lowest BCUT2D eigenvalue weighted by atomic mass is 9.96. The van der Waals surface area contributed by atoms with Crippen molar-refractivity contribution < 1.29 is 9.47 Å². The first kappa shape index (κ1) is 18.1. The van der Waals surface area contributed by atoms with Crippen LogP contribution >= 0.6 is 11.8 Å². The summed E-state index contributed by atoms with van der Waals surface area (Å²) in [4.78, 5) is 7.76. The van der Waals surface area contributed by atoms with Gasteiger partial charge < -0.3 is 14.0 Å². The van der Waals surface area contributed by atoms with Crippen molar-refractivity contribution in [2.24, 2.45) is 5.92 Å². The second-order valence-electron chi connectivity index (χ2n) is 6.50. The molecule has 6 heteroatoms. The normalized spacial score (nSPS) is 16.1. The van der Waals surface area contributed by atoms with E-state index in [1.807, 2.05) is 12.5 Å². The average Bonchev–Trinajstić information content (AvgIpc) is 3.16. The number of aromatic nitrogens is 2. The molecule has 1 saturated heterocycles. The van der Waals surface area contributed by atoms with E-state index in [9.17, 15) is 0 Å². The highest BCUT2D eigenvalue weighted by Gasteiger charge is 2.21. The second kappa shape index (κ2) is 8.63. The molecule has 1 aromatic carbocycles. The van der Waals surface area contributed by atoms with Crippen molar-refractivity contribution in [3.8, 4) is 11.5 Å². The van der Waals surface area contributed by atoms with Crippen LogP contribution in [0.2, 0.25) is 0 Å². The van der Waals surface area contributed by atoms with E-state index >= 15 is 0 Å². The first-order valence-electron chi connectivity index (χ1n) is 8.70. The van der Waals surface area contributed by atoms with Gasteiger partial charge in [-0.25, -0.2) is 4.98 Å². The van der Waals surface area contributed by atoms with Gasteiger partial charge in [0.05, 0.1) is 25.4 Å². The van der Waals surface area contributed by atoms with Gasteiger partial charge in [-0.3, -0.25) is 4.90 Å². The van der Waals surface area contributed by atoms with Gasteiger partial charge >= 0.3 is 0 Å². The maximum atomic E-state index is 5.61. The predicted octanol–water partition coefficient (Wildman–Crippen LogP) is 3.53. The van der Waals surface area contributed by atoms with Crippen molar-refractivity contribution in [2.45, 2.75) is 30.8 Å². The maximum Gasteiger partial charge on any atom is 0.132 e. The van der Waals surface area contributed by atoms with E-state index in [0.29, 0.717) is 0 Å². The molecule has 2 heterocycles. The lowest BCUT2D eigenvalue weighted by molar-refractivity contribution is 0.165. The molecule has 1 aliphatic rings. The zero-order valence-electron chi connectivity index (χ0n) is 15.3. The third-order valence-corrected chi connectivity index (χ3v) is 5.67. The summed E-state index contributed by atoms with van der Waals surface area (Å²) in [5.41, 5.74) is 1.20. The molecule has 0 saturated carbocycles. The molecule has 1 fully saturated rings. The number of methoxy groups -OCH3 is 2. The molecule has 2 aromatic rings. The van der Waals surface area contributed by atoms with Gasteiger partial charge in [-0.15, -0.1) is 11.8 Å². The molecule has 5 nitrogen and oxygen atoms in total. The van der Waals surface area contributed by atoms with E-state index < -0.39 is 0 Å². The zero-order chi connectivity index (χ0) is 17.6. The number of hydrogen-bond donors (Lipinski definition) is 0. The Morgan fingerprint density at radius 1 is 1.16 bits per heavy atom. The summed E-state index contributed by atoms with van der Waals surface area (Å²) < 4.78 is 13.3. The van der Waals surface area contributed by atoms with Gasteiger partial charge in [0.1, 0.15) is 11.5 Å². The quantitative estimate of drug-likeness (QED) is 0.706. The Labute approximate surface area is 154 Å². The van der Waals surface area contributed by atoms with E-state index in [1.54, 1.807) is 26.0 Å². The number of benzene rings is 1. The first-order chi connectivity index (χ1) is 12.2. The molecule has 0 bridgehead atoms. The highest BCUT2D eigenvalue weighted by Crippen LogP contribution is 2.35. The topological polar surface area (TPSA) is 39.5 Å². The van der Waals surface area contributed by atoms with E-state index in [1.165, 1.54) is 18.4 Å². The number of likely N-dealkylation sites (tertiary alicyclic amines) is 1. The number of rotatable bonds is 7. The Morgan fingerprint density at radius 2 is 1.92 bits per heavy atom. The first-order valence-corrected chi connectivity index (χ1v) is 9.93. The van der Waals surface area contributed by atoms with E-state index in [0.717, 1.165) is 48.5 Å². The lowest BCUT2D eigenvalue weighted by Gasteiger charge is -2.32. The fraction of sp³-hybridized carbons (Fsp3) is 0.526. The lowest BCUT2D eigenvalue weighted by Crippen LogP contribution is -2.34. The number of imidazole rings is 1. The number of hydrogen-bond acceptors (Lipinski definition) is 5. The van der Waals surface area contributed by atoms with E-state index in [-0.39, 0.29) is 0 Å². The number of ether oxygens (including phenoxy) is 2. The Hall–Kier alpha value is -1.66.